The fourth-order valence-corrected chi connectivity index (χ4v) is 8.14. The topological polar surface area (TPSA) is 95.9 Å². The number of carbonyl (C=O) groups excluding carboxylic acids is 2. The first-order chi connectivity index (χ1) is 34.5. The molecule has 3 N–H and O–H groups in total. The molecule has 0 aliphatic heterocycles. The molecule has 0 aromatic rings. The Hall–Kier alpha value is -3.74. The average Bonchev–Trinajstić information content (AvgIpc) is 3.35. The average molecular weight is 971 g/mol. The Morgan fingerprint density at radius 1 is 0.414 bits per heavy atom. The predicted octanol–water partition coefficient (Wildman–Crippen LogP) is 18.0. The first-order valence-electron chi connectivity index (χ1n) is 28.9. The summed E-state index contributed by atoms with van der Waals surface area (Å²) in [6, 6.07) is -0.732. The van der Waals surface area contributed by atoms with Crippen molar-refractivity contribution in [3.63, 3.8) is 0 Å². The lowest BCUT2D eigenvalue weighted by atomic mass is 10.0. The molecule has 6 nitrogen and oxygen atoms in total. The van der Waals surface area contributed by atoms with Gasteiger partial charge in [-0.15, -0.1) is 0 Å². The van der Waals surface area contributed by atoms with Gasteiger partial charge in [0.25, 0.3) is 0 Å². The van der Waals surface area contributed by atoms with Crippen molar-refractivity contribution in [1.29, 1.82) is 0 Å². The number of carbonyl (C=O) groups is 2. The van der Waals surface area contributed by atoms with Crippen LogP contribution < -0.4 is 5.32 Å². The Morgan fingerprint density at radius 2 is 0.757 bits per heavy atom. The van der Waals surface area contributed by atoms with Crippen LogP contribution in [0.4, 0.5) is 0 Å². The molecule has 398 valence electrons. The van der Waals surface area contributed by atoms with Crippen molar-refractivity contribution in [3.8, 4) is 0 Å². The summed E-state index contributed by atoms with van der Waals surface area (Å²) in [5.41, 5.74) is 0. The smallest absolute Gasteiger partial charge is 0.306 e. The van der Waals surface area contributed by atoms with Gasteiger partial charge in [-0.3, -0.25) is 9.59 Å². The molecule has 0 aromatic carbocycles. The van der Waals surface area contributed by atoms with Gasteiger partial charge in [-0.05, 0) is 64.2 Å². The van der Waals surface area contributed by atoms with Gasteiger partial charge in [0.05, 0.1) is 25.2 Å². The second-order valence-electron chi connectivity index (χ2n) is 19.2. The quantitative estimate of drug-likeness (QED) is 0.0321. The molecule has 70 heavy (non-hydrogen) atoms. The number of ether oxygens (including phenoxy) is 1. The normalized spacial score (nSPS) is 14.1. The van der Waals surface area contributed by atoms with Gasteiger partial charge in [0.2, 0.25) is 5.91 Å². The van der Waals surface area contributed by atoms with E-state index in [1.54, 1.807) is 0 Å². The van der Waals surface area contributed by atoms with Crippen LogP contribution in [0.15, 0.2) is 122 Å². The number of nitrogens with one attached hydrogen (secondary N) is 1. The van der Waals surface area contributed by atoms with Crippen LogP contribution in [0.3, 0.4) is 0 Å². The van der Waals surface area contributed by atoms with E-state index < -0.39 is 18.2 Å². The first kappa shape index (κ1) is 66.3. The second kappa shape index (κ2) is 56.2. The molecule has 6 heteroatoms. The molecule has 0 rings (SSSR count). The minimum Gasteiger partial charge on any atom is -0.462 e. The van der Waals surface area contributed by atoms with E-state index in [0.29, 0.717) is 19.3 Å². The van der Waals surface area contributed by atoms with Crippen LogP contribution in [0, 0.1) is 0 Å². The van der Waals surface area contributed by atoms with Crippen LogP contribution in [0.1, 0.15) is 245 Å². The second-order valence-corrected chi connectivity index (χ2v) is 19.2. The van der Waals surface area contributed by atoms with Gasteiger partial charge in [-0.25, -0.2) is 0 Å². The van der Waals surface area contributed by atoms with Crippen molar-refractivity contribution in [1.82, 2.24) is 5.32 Å². The van der Waals surface area contributed by atoms with Crippen molar-refractivity contribution < 1.29 is 24.5 Å². The third-order valence-electron chi connectivity index (χ3n) is 12.5. The van der Waals surface area contributed by atoms with Gasteiger partial charge < -0.3 is 20.3 Å². The monoisotopic (exact) mass is 970 g/mol. The number of unbranched alkanes of at least 4 members (excludes halogenated alkanes) is 26. The van der Waals surface area contributed by atoms with Gasteiger partial charge in [0.1, 0.15) is 6.10 Å². The molecule has 0 heterocycles. The zero-order valence-electron chi connectivity index (χ0n) is 45.4. The highest BCUT2D eigenvalue weighted by Crippen LogP contribution is 2.18. The maximum absolute atomic E-state index is 13.3. The lowest BCUT2D eigenvalue weighted by molar-refractivity contribution is -0.151. The maximum Gasteiger partial charge on any atom is 0.306 e. The fourth-order valence-electron chi connectivity index (χ4n) is 8.14. The van der Waals surface area contributed by atoms with Gasteiger partial charge in [-0.2, -0.15) is 0 Å². The largest absolute Gasteiger partial charge is 0.462 e. The van der Waals surface area contributed by atoms with Crippen molar-refractivity contribution in [2.75, 3.05) is 6.61 Å². The Morgan fingerprint density at radius 3 is 1.17 bits per heavy atom. The molecule has 0 bridgehead atoms. The van der Waals surface area contributed by atoms with Crippen LogP contribution in [-0.2, 0) is 14.3 Å². The fraction of sp³-hybridized carbons (Fsp3) is 0.656. The summed E-state index contributed by atoms with van der Waals surface area (Å²) in [7, 11) is 0. The molecule has 0 aliphatic rings. The molecule has 0 radical (unpaired) electrons. The summed E-state index contributed by atoms with van der Waals surface area (Å²) in [5.74, 6) is -0.552. The number of hydrogen-bond donors (Lipinski definition) is 3. The third kappa shape index (κ3) is 50.6. The number of esters is 1. The molecule has 1 amide bonds. The third-order valence-corrected chi connectivity index (χ3v) is 12.5. The van der Waals surface area contributed by atoms with Gasteiger partial charge in [0.15, 0.2) is 0 Å². The summed E-state index contributed by atoms with van der Waals surface area (Å²) in [6.45, 7) is 6.30. The van der Waals surface area contributed by atoms with E-state index in [-0.39, 0.29) is 24.9 Å². The number of aliphatic hydroxyl groups excluding tert-OH is 2. The van der Waals surface area contributed by atoms with Crippen LogP contribution in [0.2, 0.25) is 0 Å². The predicted molar refractivity (Wildman–Crippen MR) is 305 cm³/mol. The molecule has 0 saturated heterocycles. The highest BCUT2D eigenvalue weighted by molar-refractivity contribution is 5.77. The van der Waals surface area contributed by atoms with E-state index >= 15 is 0 Å². The van der Waals surface area contributed by atoms with Crippen molar-refractivity contribution in [3.05, 3.63) is 122 Å². The summed E-state index contributed by atoms with van der Waals surface area (Å²) in [4.78, 5) is 26.3. The number of allylic oxidation sites excluding steroid dienone is 20. The SMILES string of the molecule is CCC/C=C/C=C/C=C/C=C/C=C/CCCCCCCC(=O)OC(CCCCC/C=C/C=C/C=C/C=C/C=C/CCC)CC(=O)NC(CO)C(O)CCCCCCCCCCCCCCCCCCC. The maximum atomic E-state index is 13.3. The number of rotatable bonds is 50. The molecule has 0 aromatic heterocycles. The molecule has 3 unspecified atom stereocenters. The van der Waals surface area contributed by atoms with Crippen LogP contribution >= 0.6 is 0 Å². The van der Waals surface area contributed by atoms with Crippen molar-refractivity contribution >= 4 is 11.9 Å². The Bertz CT molecular complexity index is 1460. The summed E-state index contributed by atoms with van der Waals surface area (Å²) >= 11 is 0. The van der Waals surface area contributed by atoms with Gasteiger partial charge >= 0.3 is 5.97 Å². The van der Waals surface area contributed by atoms with Gasteiger partial charge in [0, 0.05) is 6.42 Å². The summed E-state index contributed by atoms with van der Waals surface area (Å²) in [6.07, 6.45) is 78.2. The number of aliphatic hydroxyl groups is 2. The van der Waals surface area contributed by atoms with E-state index in [1.807, 2.05) is 60.8 Å². The minimum atomic E-state index is -0.814. The lowest BCUT2D eigenvalue weighted by Gasteiger charge is -2.24. The molecular formula is C64H107NO5. The van der Waals surface area contributed by atoms with Crippen molar-refractivity contribution in [2.45, 2.75) is 264 Å². The molecule has 0 fully saturated rings. The molecule has 3 atom stereocenters. The zero-order chi connectivity index (χ0) is 50.9. The highest BCUT2D eigenvalue weighted by atomic mass is 16.5. The van der Waals surface area contributed by atoms with E-state index in [2.05, 4.69) is 86.8 Å². The zero-order valence-corrected chi connectivity index (χ0v) is 45.4. The van der Waals surface area contributed by atoms with Crippen LogP contribution in [0.5, 0.6) is 0 Å². The number of hydrogen-bond acceptors (Lipinski definition) is 5. The molecule has 0 saturated carbocycles. The van der Waals surface area contributed by atoms with Gasteiger partial charge in [-0.1, -0.05) is 290 Å². The first-order valence-corrected chi connectivity index (χ1v) is 28.9. The summed E-state index contributed by atoms with van der Waals surface area (Å²) < 4.78 is 5.93. The highest BCUT2D eigenvalue weighted by Gasteiger charge is 2.24. The molecule has 0 aliphatic carbocycles. The number of amides is 1. The van der Waals surface area contributed by atoms with Crippen molar-refractivity contribution in [2.24, 2.45) is 0 Å². The summed E-state index contributed by atoms with van der Waals surface area (Å²) in [5, 5.41) is 23.9. The van der Waals surface area contributed by atoms with Crippen LogP contribution in [-0.4, -0.2) is 46.9 Å². The Kier molecular flexibility index (Phi) is 53.2. The van der Waals surface area contributed by atoms with E-state index in [9.17, 15) is 19.8 Å². The Labute approximate surface area is 431 Å². The van der Waals surface area contributed by atoms with Crippen LogP contribution in [0.25, 0.3) is 0 Å². The standard InChI is InChI=1S/C64H107NO5/c1-4-7-10-13-16-19-22-25-28-31-33-36-39-42-45-48-51-54-57-64(69)70-60(55-52-49-46-43-40-37-34-30-27-24-21-18-15-12-9-6-3)58-63(68)65-61(59-66)62(67)56-53-50-47-44-41-38-35-32-29-26-23-20-17-14-11-8-5-2/h10,12-13,15-16,18-19,21-22,24-25,27-28,30-31,33-34,36-37,40,60-62,66-67H,4-9,11,14,17,20,23,26,29,32,35,38-39,41-59H2,1-3H3,(H,65,68)/b13-10+,15-12+,19-16+,21-18+,25-22+,27-24+,31-28+,34-30+,36-33+,40-37+. The van der Waals surface area contributed by atoms with E-state index in [4.69, 9.17) is 4.74 Å². The lowest BCUT2D eigenvalue weighted by Crippen LogP contribution is -2.46. The molecular weight excluding hydrogens is 863 g/mol. The van der Waals surface area contributed by atoms with E-state index in [0.717, 1.165) is 103 Å². The Balaban J connectivity index is 4.71. The molecule has 0 spiro atoms. The van der Waals surface area contributed by atoms with E-state index in [1.165, 1.54) is 96.3 Å². The minimum absolute atomic E-state index is 0.0310.